The molecule has 90 valence electrons. The molecule has 1 N–H and O–H groups in total. The fourth-order valence-electron chi connectivity index (χ4n) is 1.93. The first-order valence-electron chi connectivity index (χ1n) is 5.84. The molecule has 3 heteroatoms. The van der Waals surface area contributed by atoms with Crippen LogP contribution in [0.4, 0.5) is 5.69 Å². The molecule has 0 amide bonds. The maximum Gasteiger partial charge on any atom is 0.0553 e. The highest BCUT2D eigenvalue weighted by Crippen LogP contribution is 2.18. The minimum Gasteiger partial charge on any atom is -0.379 e. The van der Waals surface area contributed by atoms with E-state index in [2.05, 4.69) is 82.9 Å². The van der Waals surface area contributed by atoms with E-state index < -0.39 is 0 Å². The number of halogens is 1. The second-order valence-electron chi connectivity index (χ2n) is 4.10. The molecule has 0 saturated heterocycles. The second-order valence-corrected chi connectivity index (χ2v) is 5.34. The highest BCUT2D eigenvalue weighted by molar-refractivity contribution is 14.1. The third kappa shape index (κ3) is 3.03. The van der Waals surface area contributed by atoms with Gasteiger partial charge in [-0.15, -0.1) is 0 Å². The number of nitrogens with one attached hydrogen (secondary N) is 1. The molecule has 0 bridgehead atoms. The lowest BCUT2D eigenvalue weighted by molar-refractivity contribution is 0.724. The van der Waals surface area contributed by atoms with Crippen LogP contribution in [-0.2, 0) is 13.1 Å². The number of nitrogens with zero attached hydrogens (tertiary/aromatic N) is 1. The smallest absolute Gasteiger partial charge is 0.0553 e. The van der Waals surface area contributed by atoms with Crippen molar-refractivity contribution in [3.63, 3.8) is 0 Å². The number of rotatable bonds is 4. The predicted molar refractivity (Wildman–Crippen MR) is 81.3 cm³/mol. The van der Waals surface area contributed by atoms with Crippen LogP contribution >= 0.6 is 22.6 Å². The van der Waals surface area contributed by atoms with Gasteiger partial charge in [0.15, 0.2) is 0 Å². The molecular weight excluding hydrogens is 323 g/mol. The van der Waals surface area contributed by atoms with Crippen molar-refractivity contribution >= 4 is 28.3 Å². The van der Waals surface area contributed by atoms with Crippen molar-refractivity contribution in [1.82, 2.24) is 4.57 Å². The van der Waals surface area contributed by atoms with Crippen LogP contribution in [0.3, 0.4) is 0 Å². The van der Waals surface area contributed by atoms with Gasteiger partial charge in [0.2, 0.25) is 0 Å². The minimum absolute atomic E-state index is 0.877. The highest BCUT2D eigenvalue weighted by atomic mass is 127. The minimum atomic E-state index is 0.877. The zero-order chi connectivity index (χ0) is 12.3. The Morgan fingerprint density at radius 1 is 1.29 bits per heavy atom. The number of hydrogen-bond acceptors (Lipinski definition) is 1. The summed E-state index contributed by atoms with van der Waals surface area (Å²) in [5.41, 5.74) is 3.84. The largest absolute Gasteiger partial charge is 0.379 e. The van der Waals surface area contributed by atoms with Crippen molar-refractivity contribution in [1.29, 1.82) is 0 Å². The van der Waals surface area contributed by atoms with E-state index in [4.69, 9.17) is 0 Å². The maximum absolute atomic E-state index is 3.49. The van der Waals surface area contributed by atoms with Gasteiger partial charge in [-0.25, -0.2) is 0 Å². The second kappa shape index (κ2) is 5.58. The lowest BCUT2D eigenvalue weighted by Crippen LogP contribution is -2.06. The monoisotopic (exact) mass is 340 g/mol. The van der Waals surface area contributed by atoms with Crippen LogP contribution in [0.15, 0.2) is 36.5 Å². The molecule has 1 aromatic heterocycles. The Morgan fingerprint density at radius 3 is 2.82 bits per heavy atom. The molecule has 2 nitrogen and oxygen atoms in total. The molecule has 0 atom stereocenters. The van der Waals surface area contributed by atoms with Crippen molar-refractivity contribution in [2.45, 2.75) is 26.9 Å². The Kier molecular flexibility index (Phi) is 4.10. The average Bonchev–Trinajstić information content (AvgIpc) is 2.75. The van der Waals surface area contributed by atoms with Crippen LogP contribution in [0.25, 0.3) is 0 Å². The Bertz CT molecular complexity index is 503. The summed E-state index contributed by atoms with van der Waals surface area (Å²) in [4.78, 5) is 0. The van der Waals surface area contributed by atoms with E-state index in [0.29, 0.717) is 0 Å². The molecule has 0 aliphatic heterocycles. The molecule has 0 aliphatic rings. The van der Waals surface area contributed by atoms with Crippen molar-refractivity contribution in [3.05, 3.63) is 51.4 Å². The van der Waals surface area contributed by atoms with E-state index in [1.165, 1.54) is 20.5 Å². The number of aryl methyl sites for hydroxylation is 2. The standard InChI is InChI=1S/C14H17IN2/c1-3-17-8-4-5-13(17)10-16-14-7-6-12(15)9-11(14)2/h4-9,16H,3,10H2,1-2H3. The van der Waals surface area contributed by atoms with Crippen molar-refractivity contribution in [2.75, 3.05) is 5.32 Å². The van der Waals surface area contributed by atoms with Crippen molar-refractivity contribution < 1.29 is 0 Å². The number of hydrogen-bond donors (Lipinski definition) is 1. The van der Waals surface area contributed by atoms with Crippen molar-refractivity contribution in [2.24, 2.45) is 0 Å². The zero-order valence-corrected chi connectivity index (χ0v) is 12.4. The Morgan fingerprint density at radius 2 is 2.12 bits per heavy atom. The molecule has 0 radical (unpaired) electrons. The summed E-state index contributed by atoms with van der Waals surface area (Å²) >= 11 is 2.34. The lowest BCUT2D eigenvalue weighted by atomic mass is 10.2. The Hall–Kier alpha value is -0.970. The third-order valence-electron chi connectivity index (χ3n) is 2.91. The number of anilines is 1. The molecule has 17 heavy (non-hydrogen) atoms. The highest BCUT2D eigenvalue weighted by Gasteiger charge is 2.01. The number of aromatic nitrogens is 1. The van der Waals surface area contributed by atoms with E-state index in [9.17, 15) is 0 Å². The van der Waals surface area contributed by atoms with Gasteiger partial charge in [0, 0.05) is 27.7 Å². The molecule has 2 aromatic rings. The van der Waals surface area contributed by atoms with Gasteiger partial charge in [-0.05, 0) is 72.3 Å². The first-order valence-corrected chi connectivity index (χ1v) is 6.92. The fraction of sp³-hybridized carbons (Fsp3) is 0.286. The number of benzene rings is 1. The van der Waals surface area contributed by atoms with Gasteiger partial charge in [0.1, 0.15) is 0 Å². The maximum atomic E-state index is 3.49. The summed E-state index contributed by atoms with van der Waals surface area (Å²) in [5.74, 6) is 0. The van der Waals surface area contributed by atoms with Crippen LogP contribution in [0.5, 0.6) is 0 Å². The average molecular weight is 340 g/mol. The topological polar surface area (TPSA) is 17.0 Å². The normalized spacial score (nSPS) is 10.5. The first kappa shape index (κ1) is 12.5. The van der Waals surface area contributed by atoms with E-state index in [1.54, 1.807) is 0 Å². The predicted octanol–water partition coefficient (Wildman–Crippen LogP) is 4.03. The van der Waals surface area contributed by atoms with Gasteiger partial charge in [-0.2, -0.15) is 0 Å². The van der Waals surface area contributed by atoms with Crippen LogP contribution in [0.2, 0.25) is 0 Å². The molecule has 0 fully saturated rings. The molecule has 1 heterocycles. The van der Waals surface area contributed by atoms with Gasteiger partial charge in [0.05, 0.1) is 6.54 Å². The van der Waals surface area contributed by atoms with E-state index >= 15 is 0 Å². The molecule has 0 spiro atoms. The van der Waals surface area contributed by atoms with Gasteiger partial charge in [-0.1, -0.05) is 0 Å². The summed E-state index contributed by atoms with van der Waals surface area (Å²) in [7, 11) is 0. The fourth-order valence-corrected chi connectivity index (χ4v) is 2.58. The molecule has 0 aliphatic carbocycles. The van der Waals surface area contributed by atoms with Crippen LogP contribution in [-0.4, -0.2) is 4.57 Å². The van der Waals surface area contributed by atoms with E-state index in [0.717, 1.165) is 13.1 Å². The molecule has 2 rings (SSSR count). The summed E-state index contributed by atoms with van der Waals surface area (Å²) in [5, 5.41) is 3.49. The van der Waals surface area contributed by atoms with Gasteiger partial charge in [0.25, 0.3) is 0 Å². The summed E-state index contributed by atoms with van der Waals surface area (Å²) in [6, 6.07) is 10.7. The lowest BCUT2D eigenvalue weighted by Gasteiger charge is -2.11. The van der Waals surface area contributed by atoms with Crippen LogP contribution in [0, 0.1) is 10.5 Å². The van der Waals surface area contributed by atoms with Gasteiger partial charge in [-0.3, -0.25) is 0 Å². The summed E-state index contributed by atoms with van der Waals surface area (Å²) in [6.07, 6.45) is 2.12. The van der Waals surface area contributed by atoms with E-state index in [-0.39, 0.29) is 0 Å². The molecule has 1 aromatic carbocycles. The van der Waals surface area contributed by atoms with Crippen LogP contribution in [0.1, 0.15) is 18.2 Å². The SMILES string of the molecule is CCn1cccc1CNc1ccc(I)cc1C. The third-order valence-corrected chi connectivity index (χ3v) is 3.58. The summed E-state index contributed by atoms with van der Waals surface area (Å²) in [6.45, 7) is 6.21. The summed E-state index contributed by atoms with van der Waals surface area (Å²) < 4.78 is 3.54. The Balaban J connectivity index is 2.07. The van der Waals surface area contributed by atoms with Gasteiger partial charge >= 0.3 is 0 Å². The van der Waals surface area contributed by atoms with Crippen LogP contribution < -0.4 is 5.32 Å². The quantitative estimate of drug-likeness (QED) is 0.832. The zero-order valence-electron chi connectivity index (χ0n) is 10.2. The molecule has 0 unspecified atom stereocenters. The molecule has 0 saturated carbocycles. The van der Waals surface area contributed by atoms with Gasteiger partial charge < -0.3 is 9.88 Å². The molecular formula is C14H17IN2. The van der Waals surface area contributed by atoms with Crippen molar-refractivity contribution in [3.8, 4) is 0 Å². The first-order chi connectivity index (χ1) is 8.20. The van der Waals surface area contributed by atoms with E-state index in [1.807, 2.05) is 0 Å². The Labute approximate surface area is 116 Å².